The molecule has 10 heteroatoms. The Morgan fingerprint density at radius 3 is 2.32 bits per heavy atom. The molecule has 34 heavy (non-hydrogen) atoms. The van der Waals surface area contributed by atoms with Crippen molar-refractivity contribution in [2.24, 2.45) is 11.8 Å². The van der Waals surface area contributed by atoms with E-state index < -0.39 is 15.9 Å². The number of benzene rings is 2. The van der Waals surface area contributed by atoms with Crippen LogP contribution >= 0.6 is 0 Å². The van der Waals surface area contributed by atoms with Crippen molar-refractivity contribution in [3.8, 4) is 17.2 Å². The molecule has 2 atom stereocenters. The molecule has 2 aromatic rings. The van der Waals surface area contributed by atoms with Gasteiger partial charge in [-0.25, -0.2) is 8.42 Å². The summed E-state index contributed by atoms with van der Waals surface area (Å²) in [7, 11) is -2.50. The van der Waals surface area contributed by atoms with Crippen molar-refractivity contribution in [1.29, 1.82) is 0 Å². The summed E-state index contributed by atoms with van der Waals surface area (Å²) in [5.41, 5.74) is 0.626. The van der Waals surface area contributed by atoms with Crippen LogP contribution in [0.5, 0.6) is 17.2 Å². The Morgan fingerprint density at radius 2 is 1.71 bits per heavy atom. The number of nitrogens with zero attached hydrogens (tertiary/aromatic N) is 1. The third kappa shape index (κ3) is 4.60. The average Bonchev–Trinajstić information content (AvgIpc) is 3.24. The van der Waals surface area contributed by atoms with E-state index in [9.17, 15) is 18.0 Å². The summed E-state index contributed by atoms with van der Waals surface area (Å²) in [6.07, 6.45) is 0.958. The number of anilines is 1. The summed E-state index contributed by atoms with van der Waals surface area (Å²) in [5.74, 6) is 0.618. The Morgan fingerprint density at radius 1 is 1.06 bits per heavy atom. The Labute approximate surface area is 199 Å². The van der Waals surface area contributed by atoms with Crippen LogP contribution < -0.4 is 19.5 Å². The Balaban J connectivity index is 1.67. The summed E-state index contributed by atoms with van der Waals surface area (Å²) in [6.45, 7) is 6.27. The minimum absolute atomic E-state index is 0.0253. The summed E-state index contributed by atoms with van der Waals surface area (Å²) in [6, 6.07) is 7.30. The van der Waals surface area contributed by atoms with Gasteiger partial charge >= 0.3 is 0 Å². The van der Waals surface area contributed by atoms with Gasteiger partial charge in [0.15, 0.2) is 17.3 Å². The lowest BCUT2D eigenvalue weighted by molar-refractivity contribution is 0.101. The second kappa shape index (κ2) is 9.27. The standard InChI is InChI=1S/C24H28N2O7S/c1-14-7-15(2)12-26(11-14)34(29,30)23-8-17(5-6-20(23)31-4)24(28)25-19-10-22-21(32-13-33-22)9-18(19)16(3)27/h5-6,8-10,14-15H,7,11-13H2,1-4H3,(H,25,28)/t14-,15+. The molecule has 182 valence electrons. The van der Waals surface area contributed by atoms with Gasteiger partial charge < -0.3 is 19.5 Å². The van der Waals surface area contributed by atoms with Gasteiger partial charge in [0.25, 0.3) is 5.91 Å². The van der Waals surface area contributed by atoms with Crippen molar-refractivity contribution in [2.45, 2.75) is 32.1 Å². The number of sulfonamides is 1. The molecule has 0 aromatic heterocycles. The lowest BCUT2D eigenvalue weighted by Crippen LogP contribution is -2.42. The fourth-order valence-electron chi connectivity index (χ4n) is 4.49. The molecule has 1 amide bonds. The van der Waals surface area contributed by atoms with Gasteiger partial charge in [0.2, 0.25) is 16.8 Å². The van der Waals surface area contributed by atoms with Crippen molar-refractivity contribution in [1.82, 2.24) is 4.31 Å². The van der Waals surface area contributed by atoms with Crippen LogP contribution in [0.4, 0.5) is 5.69 Å². The maximum atomic E-state index is 13.5. The van der Waals surface area contributed by atoms with Crippen molar-refractivity contribution in [3.63, 3.8) is 0 Å². The molecule has 2 aromatic carbocycles. The van der Waals surface area contributed by atoms with Crippen LogP contribution in [0.2, 0.25) is 0 Å². The van der Waals surface area contributed by atoms with E-state index >= 15 is 0 Å². The topological polar surface area (TPSA) is 111 Å². The summed E-state index contributed by atoms with van der Waals surface area (Å²) in [4.78, 5) is 25.2. The fourth-order valence-corrected chi connectivity index (χ4v) is 6.35. The molecule has 0 saturated carbocycles. The number of amides is 1. The second-order valence-electron chi connectivity index (χ2n) is 8.90. The first-order valence-electron chi connectivity index (χ1n) is 11.0. The predicted octanol–water partition coefficient (Wildman–Crippen LogP) is 3.55. The quantitative estimate of drug-likeness (QED) is 0.619. The van der Waals surface area contributed by atoms with E-state index in [1.807, 2.05) is 13.8 Å². The number of rotatable bonds is 6. The number of fused-ring (bicyclic) bond motifs is 1. The zero-order chi connectivity index (χ0) is 24.6. The van der Waals surface area contributed by atoms with Gasteiger partial charge in [-0.1, -0.05) is 13.8 Å². The third-order valence-corrected chi connectivity index (χ3v) is 7.87. The summed E-state index contributed by atoms with van der Waals surface area (Å²) in [5, 5.41) is 2.70. The molecule has 0 bridgehead atoms. The van der Waals surface area contributed by atoms with Crippen LogP contribution in [0, 0.1) is 11.8 Å². The number of methoxy groups -OCH3 is 1. The summed E-state index contributed by atoms with van der Waals surface area (Å²) >= 11 is 0. The van der Waals surface area contributed by atoms with Gasteiger partial charge in [0.1, 0.15) is 10.6 Å². The first-order valence-corrected chi connectivity index (χ1v) is 12.5. The number of hydrogen-bond donors (Lipinski definition) is 1. The van der Waals surface area contributed by atoms with E-state index in [0.717, 1.165) is 6.42 Å². The van der Waals surface area contributed by atoms with Crippen molar-refractivity contribution >= 4 is 27.4 Å². The van der Waals surface area contributed by atoms with Crippen molar-refractivity contribution < 1.29 is 32.2 Å². The zero-order valence-electron chi connectivity index (χ0n) is 19.6. The average molecular weight is 489 g/mol. The van der Waals surface area contributed by atoms with Crippen LogP contribution in [0.3, 0.4) is 0 Å². The highest BCUT2D eigenvalue weighted by atomic mass is 32.2. The van der Waals surface area contributed by atoms with Crippen LogP contribution in [0.1, 0.15) is 47.9 Å². The highest BCUT2D eigenvalue weighted by Crippen LogP contribution is 2.38. The van der Waals surface area contributed by atoms with Gasteiger partial charge in [-0.15, -0.1) is 0 Å². The van der Waals surface area contributed by atoms with E-state index in [2.05, 4.69) is 5.32 Å². The predicted molar refractivity (Wildman–Crippen MR) is 125 cm³/mol. The lowest BCUT2D eigenvalue weighted by atomic mass is 9.94. The molecule has 4 rings (SSSR count). The van der Waals surface area contributed by atoms with Crippen LogP contribution in [0.15, 0.2) is 35.2 Å². The molecule has 0 unspecified atom stereocenters. The van der Waals surface area contributed by atoms with Crippen LogP contribution in [-0.4, -0.2) is 51.4 Å². The number of Topliss-reactive ketones (excluding diaryl/α,β-unsaturated/α-hetero) is 1. The number of ether oxygens (including phenoxy) is 3. The van der Waals surface area contributed by atoms with E-state index in [1.54, 1.807) is 0 Å². The Kier molecular flexibility index (Phi) is 6.55. The lowest BCUT2D eigenvalue weighted by Gasteiger charge is -2.34. The maximum Gasteiger partial charge on any atom is 0.255 e. The highest BCUT2D eigenvalue weighted by Gasteiger charge is 2.34. The number of nitrogens with one attached hydrogen (secondary N) is 1. The van der Waals surface area contributed by atoms with Crippen molar-refractivity contribution in [2.75, 3.05) is 32.3 Å². The van der Waals surface area contributed by atoms with E-state index in [4.69, 9.17) is 14.2 Å². The highest BCUT2D eigenvalue weighted by molar-refractivity contribution is 7.89. The number of carbonyl (C=O) groups excluding carboxylic acids is 2. The second-order valence-corrected chi connectivity index (χ2v) is 10.8. The molecule has 0 radical (unpaired) electrons. The zero-order valence-corrected chi connectivity index (χ0v) is 20.4. The van der Waals surface area contributed by atoms with Crippen molar-refractivity contribution in [3.05, 3.63) is 41.5 Å². The smallest absolute Gasteiger partial charge is 0.255 e. The number of piperidine rings is 1. The first-order chi connectivity index (χ1) is 16.1. The van der Waals surface area contributed by atoms with Crippen LogP contribution in [-0.2, 0) is 10.0 Å². The molecular formula is C24H28N2O7S. The molecule has 1 fully saturated rings. The third-order valence-electron chi connectivity index (χ3n) is 6.02. The minimum Gasteiger partial charge on any atom is -0.495 e. The SMILES string of the molecule is COc1ccc(C(=O)Nc2cc3c(cc2C(C)=O)OCO3)cc1S(=O)(=O)N1C[C@H](C)C[C@H](C)C1. The fraction of sp³-hybridized carbons (Fsp3) is 0.417. The molecular weight excluding hydrogens is 460 g/mol. The van der Waals surface area contributed by atoms with E-state index in [1.165, 1.54) is 48.7 Å². The van der Waals surface area contributed by atoms with E-state index in [0.29, 0.717) is 24.6 Å². The normalized spacial score (nSPS) is 20.1. The number of carbonyl (C=O) groups is 2. The van der Waals surface area contributed by atoms with Crippen LogP contribution in [0.25, 0.3) is 0 Å². The minimum atomic E-state index is -3.89. The molecule has 9 nitrogen and oxygen atoms in total. The molecule has 1 N–H and O–H groups in total. The Bertz CT molecular complexity index is 1230. The van der Waals surface area contributed by atoms with Gasteiger partial charge in [0, 0.05) is 30.3 Å². The maximum absolute atomic E-state index is 13.5. The molecule has 0 aliphatic carbocycles. The summed E-state index contributed by atoms with van der Waals surface area (Å²) < 4.78 is 44.4. The van der Waals surface area contributed by atoms with Gasteiger partial charge in [-0.2, -0.15) is 4.31 Å². The first kappa shape index (κ1) is 24.0. The molecule has 2 heterocycles. The molecule has 2 aliphatic rings. The van der Waals surface area contributed by atoms with Gasteiger partial charge in [0.05, 0.1) is 12.8 Å². The van der Waals surface area contributed by atoms with E-state index in [-0.39, 0.29) is 51.9 Å². The van der Waals surface area contributed by atoms with Gasteiger partial charge in [-0.05, 0) is 49.4 Å². The number of ketones is 1. The largest absolute Gasteiger partial charge is 0.495 e. The monoisotopic (exact) mass is 488 g/mol. The molecule has 2 aliphatic heterocycles. The number of hydrogen-bond acceptors (Lipinski definition) is 7. The molecule has 0 spiro atoms. The molecule has 1 saturated heterocycles. The Hall–Kier alpha value is -3.11. The van der Waals surface area contributed by atoms with Gasteiger partial charge in [-0.3, -0.25) is 9.59 Å².